The van der Waals surface area contributed by atoms with E-state index in [1.807, 2.05) is 0 Å². The monoisotopic (exact) mass is 542 g/mol. The highest BCUT2D eigenvalue weighted by atomic mass is 32.2. The molecular formula is C23H33F3O9S. The van der Waals surface area contributed by atoms with E-state index in [0.29, 0.717) is 11.1 Å². The Hall–Kier alpha value is -0.930. The molecule has 2 saturated carbocycles. The molecule has 10 atom stereocenters. The van der Waals surface area contributed by atoms with Gasteiger partial charge in [-0.3, -0.25) is 8.98 Å². The van der Waals surface area contributed by atoms with Crippen LogP contribution in [-0.4, -0.2) is 81.0 Å². The molecule has 4 rings (SSSR count). The van der Waals surface area contributed by atoms with Crippen LogP contribution in [0.1, 0.15) is 47.5 Å². The molecule has 0 aromatic carbocycles. The van der Waals surface area contributed by atoms with Crippen LogP contribution in [0.5, 0.6) is 0 Å². The second kappa shape index (κ2) is 8.54. The van der Waals surface area contributed by atoms with E-state index in [4.69, 9.17) is 13.7 Å². The number of hydrogen-bond donors (Lipinski definition) is 3. The summed E-state index contributed by atoms with van der Waals surface area (Å²) in [6, 6.07) is 0. The minimum Gasteiger partial charge on any atom is -0.389 e. The van der Waals surface area contributed by atoms with Gasteiger partial charge in [-0.05, 0) is 30.9 Å². The Morgan fingerprint density at radius 3 is 2.31 bits per heavy atom. The predicted molar refractivity (Wildman–Crippen MR) is 118 cm³/mol. The fourth-order valence-corrected chi connectivity index (χ4v) is 8.16. The lowest BCUT2D eigenvalue weighted by Gasteiger charge is -2.67. The predicted octanol–water partition coefficient (Wildman–Crippen LogP) is 1.71. The topological polar surface area (TPSA) is 132 Å². The molecule has 0 aromatic rings. The average molecular weight is 543 g/mol. The fraction of sp³-hybridized carbons (Fsp3) is 0.870. The number of ether oxygens (including phenoxy) is 2. The van der Waals surface area contributed by atoms with E-state index in [1.165, 1.54) is 14.0 Å². The van der Waals surface area contributed by atoms with Gasteiger partial charge in [-0.25, -0.2) is 0 Å². The zero-order valence-corrected chi connectivity index (χ0v) is 21.7. The van der Waals surface area contributed by atoms with Gasteiger partial charge in [0, 0.05) is 31.3 Å². The molecule has 13 heteroatoms. The van der Waals surface area contributed by atoms with Crippen molar-refractivity contribution in [2.24, 2.45) is 22.7 Å². The van der Waals surface area contributed by atoms with Gasteiger partial charge in [-0.1, -0.05) is 20.8 Å². The van der Waals surface area contributed by atoms with E-state index >= 15 is 0 Å². The lowest BCUT2D eigenvalue weighted by atomic mass is 9.43. The van der Waals surface area contributed by atoms with Crippen LogP contribution in [0.4, 0.5) is 13.2 Å². The molecule has 4 aliphatic rings. The number of Topliss-reactive ketones (excluding diaryl/α,β-unsaturated/α-hetero) is 1. The number of carbonyl (C=O) groups excluding carboxylic acids is 1. The van der Waals surface area contributed by atoms with Crippen molar-refractivity contribution in [2.45, 2.75) is 89.4 Å². The number of carbonyl (C=O) groups is 1. The van der Waals surface area contributed by atoms with Crippen LogP contribution in [0.25, 0.3) is 0 Å². The average Bonchev–Trinajstić information content (AvgIpc) is 2.74. The number of hydrogen-bond acceptors (Lipinski definition) is 9. The van der Waals surface area contributed by atoms with Gasteiger partial charge in [0.1, 0.15) is 11.7 Å². The highest BCUT2D eigenvalue weighted by Gasteiger charge is 2.74. The van der Waals surface area contributed by atoms with Gasteiger partial charge in [0.25, 0.3) is 0 Å². The summed E-state index contributed by atoms with van der Waals surface area (Å²) in [5.41, 5.74) is -5.39. The molecule has 206 valence electrons. The van der Waals surface area contributed by atoms with Crippen LogP contribution in [0.3, 0.4) is 0 Å². The first kappa shape index (κ1) is 28.1. The van der Waals surface area contributed by atoms with Gasteiger partial charge in [-0.2, -0.15) is 8.39 Å². The Kier molecular flexibility index (Phi) is 6.66. The van der Waals surface area contributed by atoms with Gasteiger partial charge in [-0.15, -0.1) is 13.2 Å². The maximum Gasteiger partial charge on any atom is 0.537 e. The second-order valence-corrected chi connectivity index (χ2v) is 12.0. The Morgan fingerprint density at radius 2 is 1.81 bits per heavy atom. The van der Waals surface area contributed by atoms with Crippen molar-refractivity contribution < 1.29 is 55.3 Å². The highest BCUT2D eigenvalue weighted by Crippen LogP contribution is 2.65. The minimum absolute atomic E-state index is 0.107. The molecule has 1 saturated heterocycles. The number of aliphatic hydroxyl groups is 3. The number of methoxy groups -OCH3 is 1. The fourth-order valence-electron chi connectivity index (χ4n) is 7.50. The van der Waals surface area contributed by atoms with Gasteiger partial charge in [0.2, 0.25) is 0 Å². The molecule has 0 spiro atoms. The van der Waals surface area contributed by atoms with Crippen molar-refractivity contribution in [2.75, 3.05) is 13.7 Å². The number of alkyl halides is 3. The standard InChI is InChI=1S/C23H33F3O9S/c1-10-12(27)8-22(30)11(2)17-20(5,18(28)16(32-6)15(10)19(22,3)4)13(7-14-21(17,29)9-33-14)34-36(31)35-23(24,25)26/h11-14,16-17,27,29-30H,7-9H2,1-6H3/t11?,12?,13?,14?,16?,17?,20-,21+,22?,36?/m1/s1. The van der Waals surface area contributed by atoms with Gasteiger partial charge >= 0.3 is 17.7 Å². The number of aliphatic hydroxyl groups excluding tert-OH is 1. The lowest BCUT2D eigenvalue weighted by Crippen LogP contribution is -2.79. The summed E-state index contributed by atoms with van der Waals surface area (Å²) >= 11 is -3.31. The summed E-state index contributed by atoms with van der Waals surface area (Å²) in [5, 5.41) is 34.9. The maximum absolute atomic E-state index is 14.4. The molecule has 0 radical (unpaired) electrons. The van der Waals surface area contributed by atoms with E-state index < -0.39 is 81.8 Å². The maximum atomic E-state index is 14.4. The van der Waals surface area contributed by atoms with Crippen molar-refractivity contribution >= 4 is 17.1 Å². The van der Waals surface area contributed by atoms with Crippen LogP contribution >= 0.6 is 0 Å². The summed E-state index contributed by atoms with van der Waals surface area (Å²) in [4.78, 5) is 14.4. The van der Waals surface area contributed by atoms with E-state index in [0.717, 1.165) is 0 Å². The Bertz CT molecular complexity index is 1000. The van der Waals surface area contributed by atoms with Crippen LogP contribution in [-0.2, 0) is 34.0 Å². The first-order valence-corrected chi connectivity index (χ1v) is 12.7. The smallest absolute Gasteiger partial charge is 0.389 e. The quantitative estimate of drug-likeness (QED) is 0.455. The van der Waals surface area contributed by atoms with E-state index in [1.54, 1.807) is 27.7 Å². The van der Waals surface area contributed by atoms with E-state index in [2.05, 4.69) is 4.18 Å². The Labute approximate surface area is 209 Å². The van der Waals surface area contributed by atoms with Gasteiger partial charge in [0.15, 0.2) is 5.78 Å². The number of rotatable bonds is 4. The molecule has 36 heavy (non-hydrogen) atoms. The zero-order chi connectivity index (χ0) is 27.2. The van der Waals surface area contributed by atoms with Crippen LogP contribution in [0, 0.1) is 22.7 Å². The summed E-state index contributed by atoms with van der Waals surface area (Å²) in [5.74, 6) is -2.64. The number of ketones is 1. The highest BCUT2D eigenvalue weighted by molar-refractivity contribution is 7.75. The van der Waals surface area contributed by atoms with Crippen molar-refractivity contribution in [3.05, 3.63) is 11.1 Å². The molecule has 3 N–H and O–H groups in total. The molecule has 0 amide bonds. The minimum atomic E-state index is -5.25. The van der Waals surface area contributed by atoms with E-state index in [-0.39, 0.29) is 19.4 Å². The van der Waals surface area contributed by atoms with Gasteiger partial charge in [0.05, 0.1) is 35.9 Å². The third-order valence-corrected chi connectivity index (χ3v) is 10.1. The molecule has 1 heterocycles. The molecule has 1 aliphatic heterocycles. The van der Waals surface area contributed by atoms with Crippen LogP contribution in [0.2, 0.25) is 0 Å². The SMILES string of the molecule is COC1C(=O)[C@]2(C)C(OS(=O)OC(F)(F)F)CC3OC[C@@]3(O)C2C(C)C2(O)CC(O)C(C)=C1C2(C)C. The number of halogens is 3. The first-order valence-electron chi connectivity index (χ1n) is 11.7. The Balaban J connectivity index is 1.93. The Morgan fingerprint density at radius 1 is 1.19 bits per heavy atom. The molecular weight excluding hydrogens is 509 g/mol. The second-order valence-electron chi connectivity index (χ2n) is 11.2. The van der Waals surface area contributed by atoms with E-state index in [9.17, 15) is 37.5 Å². The molecule has 3 fully saturated rings. The normalized spacial score (nSPS) is 47.3. The summed E-state index contributed by atoms with van der Waals surface area (Å²) in [6.07, 6.45) is -10.4. The first-order chi connectivity index (χ1) is 16.4. The van der Waals surface area contributed by atoms with Gasteiger partial charge < -0.3 is 24.8 Å². The van der Waals surface area contributed by atoms with Crippen molar-refractivity contribution in [1.29, 1.82) is 0 Å². The molecule has 0 aromatic heterocycles. The zero-order valence-electron chi connectivity index (χ0n) is 20.9. The molecule has 2 bridgehead atoms. The summed E-state index contributed by atoms with van der Waals surface area (Å²) in [7, 11) is 1.27. The largest absolute Gasteiger partial charge is 0.537 e. The van der Waals surface area contributed by atoms with Crippen molar-refractivity contribution in [3.8, 4) is 0 Å². The lowest BCUT2D eigenvalue weighted by molar-refractivity contribution is -0.334. The van der Waals surface area contributed by atoms with Crippen molar-refractivity contribution in [3.63, 3.8) is 0 Å². The van der Waals surface area contributed by atoms with Crippen molar-refractivity contribution in [1.82, 2.24) is 0 Å². The number of fused-ring (bicyclic) bond motifs is 5. The third-order valence-electron chi connectivity index (χ3n) is 9.42. The summed E-state index contributed by atoms with van der Waals surface area (Å²) < 4.78 is 70.3. The van der Waals surface area contributed by atoms with Crippen LogP contribution < -0.4 is 0 Å². The van der Waals surface area contributed by atoms with Crippen LogP contribution in [0.15, 0.2) is 11.1 Å². The summed E-state index contributed by atoms with van der Waals surface area (Å²) in [6.45, 7) is 7.99. The molecule has 8 unspecified atom stereocenters. The third kappa shape index (κ3) is 3.69. The molecule has 3 aliphatic carbocycles. The molecule has 9 nitrogen and oxygen atoms in total.